The van der Waals surface area contributed by atoms with Crippen molar-refractivity contribution >= 4 is 65.9 Å². The van der Waals surface area contributed by atoms with Crippen molar-refractivity contribution in [3.63, 3.8) is 0 Å². The maximum Gasteiger partial charge on any atom is 0.0782 e. The van der Waals surface area contributed by atoms with Crippen LogP contribution in [0, 0.1) is 0 Å². The summed E-state index contributed by atoms with van der Waals surface area (Å²) in [5.74, 6) is 0. The molecule has 0 saturated carbocycles. The molecule has 0 aliphatic carbocycles. The van der Waals surface area contributed by atoms with Gasteiger partial charge < -0.3 is 9.30 Å². The lowest BCUT2D eigenvalue weighted by Crippen LogP contribution is -2.11. The highest BCUT2D eigenvalue weighted by molar-refractivity contribution is 6.29. The molecule has 0 unspecified atom stereocenters. The van der Waals surface area contributed by atoms with Gasteiger partial charge in [0.05, 0.1) is 22.2 Å². The first-order valence-electron chi connectivity index (χ1n) is 16.5. The van der Waals surface area contributed by atoms with Gasteiger partial charge in [-0.3, -0.25) is 0 Å². The highest BCUT2D eigenvalue weighted by atomic mass is 15.2. The molecule has 2 heteroatoms. The predicted octanol–water partition coefficient (Wildman–Crippen LogP) is 12.8. The van der Waals surface area contributed by atoms with E-state index < -0.39 is 0 Å². The fourth-order valence-electron chi connectivity index (χ4n) is 7.87. The Hall–Kier alpha value is -6.38. The number of rotatable bonds is 5. The van der Waals surface area contributed by atoms with Gasteiger partial charge in [0, 0.05) is 32.9 Å². The zero-order valence-corrected chi connectivity index (χ0v) is 26.2. The van der Waals surface area contributed by atoms with Gasteiger partial charge in [0.15, 0.2) is 0 Å². The second kappa shape index (κ2) is 10.6. The van der Waals surface area contributed by atoms with Crippen LogP contribution in [0.5, 0.6) is 0 Å². The van der Waals surface area contributed by atoms with E-state index in [4.69, 9.17) is 0 Å². The molecule has 0 bridgehead atoms. The molecule has 8 aromatic carbocycles. The Kier molecular flexibility index (Phi) is 5.91. The number of anilines is 3. The summed E-state index contributed by atoms with van der Waals surface area (Å²) in [7, 11) is 0. The van der Waals surface area contributed by atoms with Crippen LogP contribution >= 0.6 is 0 Å². The minimum absolute atomic E-state index is 1.11. The Balaban J connectivity index is 1.29. The van der Waals surface area contributed by atoms with Gasteiger partial charge >= 0.3 is 0 Å². The van der Waals surface area contributed by atoms with Crippen LogP contribution in [0.4, 0.5) is 17.1 Å². The van der Waals surface area contributed by atoms with Gasteiger partial charge in [-0.25, -0.2) is 0 Å². The number of fused-ring (bicyclic) bond motifs is 6. The van der Waals surface area contributed by atoms with Gasteiger partial charge in [-0.2, -0.15) is 0 Å². The van der Waals surface area contributed by atoms with Gasteiger partial charge in [0.2, 0.25) is 0 Å². The highest BCUT2D eigenvalue weighted by Gasteiger charge is 2.23. The molecule has 2 aromatic heterocycles. The van der Waals surface area contributed by atoms with E-state index in [0.717, 1.165) is 17.1 Å². The molecule has 0 fully saturated rings. The lowest BCUT2D eigenvalue weighted by molar-refractivity contribution is 1.27. The number of nitrogens with zero attached hydrogens (tertiary/aromatic N) is 2. The molecule has 0 N–H and O–H groups in total. The average molecular weight is 611 g/mol. The molecule has 10 rings (SSSR count). The second-order valence-corrected chi connectivity index (χ2v) is 12.5. The molecule has 2 nitrogen and oxygen atoms in total. The Labute approximate surface area is 278 Å². The van der Waals surface area contributed by atoms with Crippen molar-refractivity contribution in [1.82, 2.24) is 4.40 Å². The van der Waals surface area contributed by atoms with Gasteiger partial charge in [-0.05, 0) is 69.4 Å². The molecule has 224 valence electrons. The number of para-hydroxylation sites is 3. The van der Waals surface area contributed by atoms with Crippen molar-refractivity contribution in [2.75, 3.05) is 4.90 Å². The van der Waals surface area contributed by atoms with Crippen LogP contribution in [0.2, 0.25) is 0 Å². The zero-order chi connectivity index (χ0) is 31.6. The lowest BCUT2D eigenvalue weighted by atomic mass is 9.94. The van der Waals surface area contributed by atoms with Crippen molar-refractivity contribution < 1.29 is 0 Å². The molecule has 0 saturated heterocycles. The quantitative estimate of drug-likeness (QED) is 0.139. The number of hydrogen-bond donors (Lipinski definition) is 0. The van der Waals surface area contributed by atoms with E-state index in [-0.39, 0.29) is 0 Å². The summed E-state index contributed by atoms with van der Waals surface area (Å²) in [6.07, 6.45) is 0. The Morgan fingerprint density at radius 2 is 0.979 bits per heavy atom. The summed E-state index contributed by atoms with van der Waals surface area (Å²) >= 11 is 0. The molecule has 0 spiro atoms. The summed E-state index contributed by atoms with van der Waals surface area (Å²) in [6.45, 7) is 0. The molecular weight excluding hydrogens is 581 g/mol. The van der Waals surface area contributed by atoms with Gasteiger partial charge in [-0.15, -0.1) is 0 Å². The largest absolute Gasteiger partial charge is 0.308 e. The third kappa shape index (κ3) is 3.93. The van der Waals surface area contributed by atoms with Crippen LogP contribution in [0.1, 0.15) is 0 Å². The van der Waals surface area contributed by atoms with E-state index >= 15 is 0 Å². The van der Waals surface area contributed by atoms with Crippen molar-refractivity contribution in [2.24, 2.45) is 0 Å². The molecule has 0 aliphatic rings. The summed E-state index contributed by atoms with van der Waals surface area (Å²) < 4.78 is 2.52. The minimum atomic E-state index is 1.11. The SMILES string of the molecule is c1ccc(-c2ccccc2-c2cccc(N(c3ccccc3)c3cccc4c5ccc6cccc7c8ccccc8n(c34)c5c67)c2)cc1. The summed E-state index contributed by atoms with van der Waals surface area (Å²) in [6, 6.07) is 66.1. The van der Waals surface area contributed by atoms with Crippen molar-refractivity contribution in [2.45, 2.75) is 0 Å². The van der Waals surface area contributed by atoms with Crippen LogP contribution in [0.15, 0.2) is 182 Å². The second-order valence-electron chi connectivity index (χ2n) is 12.5. The predicted molar refractivity (Wildman–Crippen MR) is 204 cm³/mol. The van der Waals surface area contributed by atoms with Crippen LogP contribution in [0.3, 0.4) is 0 Å². The van der Waals surface area contributed by atoms with Crippen molar-refractivity contribution in [1.29, 1.82) is 0 Å². The third-order valence-electron chi connectivity index (χ3n) is 9.89. The van der Waals surface area contributed by atoms with Crippen LogP contribution in [0.25, 0.3) is 71.1 Å². The molecule has 0 aliphatic heterocycles. The molecular formula is C46H30N2. The van der Waals surface area contributed by atoms with E-state index in [9.17, 15) is 0 Å². The zero-order valence-electron chi connectivity index (χ0n) is 26.2. The van der Waals surface area contributed by atoms with E-state index in [1.54, 1.807) is 0 Å². The third-order valence-corrected chi connectivity index (χ3v) is 9.89. The van der Waals surface area contributed by atoms with Crippen LogP contribution in [-0.4, -0.2) is 4.40 Å². The fraction of sp³-hybridized carbons (Fsp3) is 0. The molecule has 0 amide bonds. The molecule has 2 heterocycles. The lowest BCUT2D eigenvalue weighted by Gasteiger charge is -2.27. The monoisotopic (exact) mass is 610 g/mol. The smallest absolute Gasteiger partial charge is 0.0782 e. The molecule has 0 radical (unpaired) electrons. The van der Waals surface area contributed by atoms with Crippen LogP contribution < -0.4 is 4.90 Å². The molecule has 0 atom stereocenters. The molecule has 48 heavy (non-hydrogen) atoms. The van der Waals surface area contributed by atoms with E-state index in [2.05, 4.69) is 191 Å². The van der Waals surface area contributed by atoms with E-state index in [1.165, 1.54) is 71.1 Å². The maximum absolute atomic E-state index is 2.52. The normalized spacial score (nSPS) is 11.8. The number of pyridine rings is 1. The first-order chi connectivity index (χ1) is 23.8. The first kappa shape index (κ1) is 26.8. The van der Waals surface area contributed by atoms with Gasteiger partial charge in [0.25, 0.3) is 0 Å². The fourth-order valence-corrected chi connectivity index (χ4v) is 7.87. The Morgan fingerprint density at radius 3 is 1.83 bits per heavy atom. The maximum atomic E-state index is 2.52. The Bertz CT molecular complexity index is 2780. The number of aromatic nitrogens is 1. The standard InChI is InChI=1S/C46H30N2/c1-3-14-31(15-4-1)36-21-7-8-22-37(36)33-17-11-20-35(30-33)47(34-18-5-2-6-19-34)43-27-13-25-40-41-29-28-32-16-12-24-39-38-23-9-10-26-42(38)48(45(40)43)46(41)44(32)39/h1-30H. The van der Waals surface area contributed by atoms with Crippen molar-refractivity contribution in [3.05, 3.63) is 182 Å². The number of benzene rings is 8. The molecule has 10 aromatic rings. The first-order valence-corrected chi connectivity index (χ1v) is 16.5. The summed E-state index contributed by atoms with van der Waals surface area (Å²) in [5, 5.41) is 7.69. The van der Waals surface area contributed by atoms with E-state index in [0.29, 0.717) is 0 Å². The topological polar surface area (TPSA) is 7.65 Å². The average Bonchev–Trinajstić information content (AvgIpc) is 3.52. The van der Waals surface area contributed by atoms with Gasteiger partial charge in [-0.1, -0.05) is 146 Å². The Morgan fingerprint density at radius 1 is 0.375 bits per heavy atom. The minimum Gasteiger partial charge on any atom is -0.308 e. The van der Waals surface area contributed by atoms with Gasteiger partial charge in [0.1, 0.15) is 0 Å². The summed E-state index contributed by atoms with van der Waals surface area (Å²) in [4.78, 5) is 2.43. The number of hydrogen-bond acceptors (Lipinski definition) is 1. The van der Waals surface area contributed by atoms with E-state index in [1.807, 2.05) is 0 Å². The van der Waals surface area contributed by atoms with Crippen LogP contribution in [-0.2, 0) is 0 Å². The van der Waals surface area contributed by atoms with Crippen molar-refractivity contribution in [3.8, 4) is 22.3 Å². The summed E-state index contributed by atoms with van der Waals surface area (Å²) in [5.41, 5.74) is 11.9. The highest BCUT2D eigenvalue weighted by Crippen LogP contribution is 2.47.